The first-order valence-corrected chi connectivity index (χ1v) is 7.71. The summed E-state index contributed by atoms with van der Waals surface area (Å²) in [7, 11) is 1.55. The Bertz CT molecular complexity index is 637. The first-order chi connectivity index (χ1) is 10.8. The molecule has 1 saturated heterocycles. The minimum absolute atomic E-state index is 0.176. The third-order valence-corrected chi connectivity index (χ3v) is 4.08. The van der Waals surface area contributed by atoms with Crippen LogP contribution in [0.15, 0.2) is 42.5 Å². The molecule has 2 aromatic rings. The van der Waals surface area contributed by atoms with Gasteiger partial charge in [-0.3, -0.25) is 0 Å². The van der Waals surface area contributed by atoms with Crippen molar-refractivity contribution in [1.82, 2.24) is 0 Å². The number of rotatable bonds is 5. The van der Waals surface area contributed by atoms with E-state index in [1.807, 2.05) is 12.1 Å². The predicted octanol–water partition coefficient (Wildman–Crippen LogP) is 3.61. The van der Waals surface area contributed by atoms with E-state index in [4.69, 9.17) is 4.74 Å². The first kappa shape index (κ1) is 14.6. The van der Waals surface area contributed by atoms with Gasteiger partial charge in [-0.1, -0.05) is 18.2 Å². The lowest BCUT2D eigenvalue weighted by atomic mass is 10.2. The van der Waals surface area contributed by atoms with E-state index in [0.29, 0.717) is 12.3 Å². The van der Waals surface area contributed by atoms with E-state index >= 15 is 0 Å². The Balaban J connectivity index is 1.72. The van der Waals surface area contributed by atoms with Crippen LogP contribution in [0.2, 0.25) is 0 Å². The highest BCUT2D eigenvalue weighted by Gasteiger charge is 2.15. The maximum Gasteiger partial charge on any atom is 0.160 e. The molecule has 2 N–H and O–H groups in total. The second-order valence-corrected chi connectivity index (χ2v) is 5.57. The molecule has 0 aromatic heterocycles. The molecular formula is C18H22N2O2. The number of hydrogen-bond acceptors (Lipinski definition) is 4. The largest absolute Gasteiger partial charge is 0.504 e. The second-order valence-electron chi connectivity index (χ2n) is 5.57. The summed E-state index contributed by atoms with van der Waals surface area (Å²) in [6.07, 6.45) is 2.53. The standard InChI is InChI=1S/C18H22N2O2/c1-22-18-9-8-14(12-17(18)21)13-19-15-6-2-3-7-16(15)20-10-4-5-11-20/h2-3,6-9,12,19,21H,4-5,10-11,13H2,1H3. The molecule has 0 saturated carbocycles. The van der Waals surface area contributed by atoms with Crippen LogP contribution in [-0.4, -0.2) is 25.3 Å². The average Bonchev–Trinajstić information content (AvgIpc) is 3.07. The highest BCUT2D eigenvalue weighted by Crippen LogP contribution is 2.30. The van der Waals surface area contributed by atoms with Crippen molar-refractivity contribution in [2.75, 3.05) is 30.4 Å². The lowest BCUT2D eigenvalue weighted by molar-refractivity contribution is 0.373. The zero-order valence-electron chi connectivity index (χ0n) is 12.9. The number of benzene rings is 2. The van der Waals surface area contributed by atoms with Crippen LogP contribution in [0, 0.1) is 0 Å². The number of phenolic OH excluding ortho intramolecular Hbond substituents is 1. The van der Waals surface area contributed by atoms with Gasteiger partial charge in [-0.15, -0.1) is 0 Å². The fraction of sp³-hybridized carbons (Fsp3) is 0.333. The normalized spacial score (nSPS) is 14.1. The van der Waals surface area contributed by atoms with Crippen molar-refractivity contribution in [2.24, 2.45) is 0 Å². The van der Waals surface area contributed by atoms with Gasteiger partial charge in [-0.2, -0.15) is 0 Å². The molecule has 0 spiro atoms. The predicted molar refractivity (Wildman–Crippen MR) is 89.9 cm³/mol. The summed E-state index contributed by atoms with van der Waals surface area (Å²) < 4.78 is 5.07. The molecule has 0 aliphatic carbocycles. The Labute approximate surface area is 131 Å². The second kappa shape index (κ2) is 6.60. The van der Waals surface area contributed by atoms with E-state index < -0.39 is 0 Å². The molecule has 0 bridgehead atoms. The van der Waals surface area contributed by atoms with Crippen molar-refractivity contribution in [3.05, 3.63) is 48.0 Å². The fourth-order valence-corrected chi connectivity index (χ4v) is 2.90. The van der Waals surface area contributed by atoms with Gasteiger partial charge in [0, 0.05) is 19.6 Å². The minimum atomic E-state index is 0.176. The van der Waals surface area contributed by atoms with Crippen LogP contribution in [0.4, 0.5) is 11.4 Å². The van der Waals surface area contributed by atoms with Crippen LogP contribution in [0.1, 0.15) is 18.4 Å². The van der Waals surface area contributed by atoms with Crippen LogP contribution in [0.25, 0.3) is 0 Å². The molecule has 3 rings (SSSR count). The van der Waals surface area contributed by atoms with E-state index in [1.165, 1.54) is 18.5 Å². The van der Waals surface area contributed by atoms with E-state index in [1.54, 1.807) is 19.2 Å². The lowest BCUT2D eigenvalue weighted by Gasteiger charge is -2.22. The molecule has 1 fully saturated rings. The SMILES string of the molecule is COc1ccc(CNc2ccccc2N2CCCC2)cc1O. The van der Waals surface area contributed by atoms with Gasteiger partial charge < -0.3 is 20.1 Å². The molecule has 1 aliphatic heterocycles. The molecule has 4 heteroatoms. The molecule has 0 unspecified atom stereocenters. The van der Waals surface area contributed by atoms with Crippen LogP contribution >= 0.6 is 0 Å². The molecular weight excluding hydrogens is 276 g/mol. The van der Waals surface area contributed by atoms with Gasteiger partial charge in [-0.05, 0) is 42.7 Å². The number of phenols is 1. The Morgan fingerprint density at radius 2 is 1.91 bits per heavy atom. The molecule has 116 valence electrons. The van der Waals surface area contributed by atoms with Gasteiger partial charge >= 0.3 is 0 Å². The summed E-state index contributed by atoms with van der Waals surface area (Å²) in [6, 6.07) is 13.9. The number of nitrogens with one attached hydrogen (secondary N) is 1. The smallest absolute Gasteiger partial charge is 0.160 e. The number of nitrogens with zero attached hydrogens (tertiary/aromatic N) is 1. The van der Waals surface area contributed by atoms with Crippen LogP contribution in [0.5, 0.6) is 11.5 Å². The molecule has 2 aromatic carbocycles. The van der Waals surface area contributed by atoms with Crippen LogP contribution in [-0.2, 0) is 6.54 Å². The highest BCUT2D eigenvalue weighted by molar-refractivity contribution is 5.70. The van der Waals surface area contributed by atoms with Crippen molar-refractivity contribution in [1.29, 1.82) is 0 Å². The summed E-state index contributed by atoms with van der Waals surface area (Å²) in [5, 5.41) is 13.3. The number of ether oxygens (including phenoxy) is 1. The van der Waals surface area contributed by atoms with Gasteiger partial charge in [0.2, 0.25) is 0 Å². The van der Waals surface area contributed by atoms with Crippen molar-refractivity contribution in [3.63, 3.8) is 0 Å². The minimum Gasteiger partial charge on any atom is -0.504 e. The Kier molecular flexibility index (Phi) is 4.37. The van der Waals surface area contributed by atoms with E-state index in [-0.39, 0.29) is 5.75 Å². The lowest BCUT2D eigenvalue weighted by Crippen LogP contribution is -2.19. The topological polar surface area (TPSA) is 44.7 Å². The summed E-state index contributed by atoms with van der Waals surface area (Å²) >= 11 is 0. The Morgan fingerprint density at radius 3 is 2.64 bits per heavy atom. The molecule has 0 radical (unpaired) electrons. The van der Waals surface area contributed by atoms with Crippen LogP contribution in [0.3, 0.4) is 0 Å². The zero-order valence-corrected chi connectivity index (χ0v) is 12.9. The average molecular weight is 298 g/mol. The van der Waals surface area contributed by atoms with Crippen molar-refractivity contribution in [2.45, 2.75) is 19.4 Å². The van der Waals surface area contributed by atoms with Gasteiger partial charge in [0.1, 0.15) is 0 Å². The van der Waals surface area contributed by atoms with Crippen LogP contribution < -0.4 is 15.0 Å². The molecule has 0 amide bonds. The first-order valence-electron chi connectivity index (χ1n) is 7.71. The molecule has 1 heterocycles. The highest BCUT2D eigenvalue weighted by atomic mass is 16.5. The van der Waals surface area contributed by atoms with E-state index in [9.17, 15) is 5.11 Å². The Morgan fingerprint density at radius 1 is 1.14 bits per heavy atom. The summed E-state index contributed by atoms with van der Waals surface area (Å²) in [5.74, 6) is 0.677. The van der Waals surface area contributed by atoms with Crippen molar-refractivity contribution < 1.29 is 9.84 Å². The quantitative estimate of drug-likeness (QED) is 0.885. The van der Waals surface area contributed by atoms with Crippen molar-refractivity contribution in [3.8, 4) is 11.5 Å². The zero-order chi connectivity index (χ0) is 15.4. The maximum absolute atomic E-state index is 9.85. The number of hydrogen-bond donors (Lipinski definition) is 2. The molecule has 4 nitrogen and oxygen atoms in total. The van der Waals surface area contributed by atoms with Gasteiger partial charge in [-0.25, -0.2) is 0 Å². The fourth-order valence-electron chi connectivity index (χ4n) is 2.90. The maximum atomic E-state index is 9.85. The van der Waals surface area contributed by atoms with E-state index in [0.717, 1.165) is 24.3 Å². The van der Waals surface area contributed by atoms with Gasteiger partial charge in [0.25, 0.3) is 0 Å². The summed E-state index contributed by atoms with van der Waals surface area (Å²) in [4.78, 5) is 2.42. The number of para-hydroxylation sites is 2. The number of aromatic hydroxyl groups is 1. The summed E-state index contributed by atoms with van der Waals surface area (Å²) in [6.45, 7) is 2.92. The number of anilines is 2. The molecule has 0 atom stereocenters. The van der Waals surface area contributed by atoms with Gasteiger partial charge in [0.05, 0.1) is 18.5 Å². The van der Waals surface area contributed by atoms with Gasteiger partial charge in [0.15, 0.2) is 11.5 Å². The summed E-state index contributed by atoms with van der Waals surface area (Å²) in [5.41, 5.74) is 3.42. The third-order valence-electron chi connectivity index (χ3n) is 4.08. The third kappa shape index (κ3) is 3.11. The molecule has 22 heavy (non-hydrogen) atoms. The Hall–Kier alpha value is -2.36. The van der Waals surface area contributed by atoms with E-state index in [2.05, 4.69) is 28.4 Å². The molecule has 1 aliphatic rings. The monoisotopic (exact) mass is 298 g/mol. The number of methoxy groups -OCH3 is 1. The van der Waals surface area contributed by atoms with Crippen molar-refractivity contribution >= 4 is 11.4 Å².